The summed E-state index contributed by atoms with van der Waals surface area (Å²) in [4.78, 5) is 14.9. The summed E-state index contributed by atoms with van der Waals surface area (Å²) >= 11 is 0. The van der Waals surface area contributed by atoms with Crippen LogP contribution in [-0.2, 0) is 6.42 Å². The predicted molar refractivity (Wildman–Crippen MR) is 113 cm³/mol. The molecule has 0 aliphatic heterocycles. The predicted octanol–water partition coefficient (Wildman–Crippen LogP) is 3.78. The second kappa shape index (κ2) is 8.85. The summed E-state index contributed by atoms with van der Waals surface area (Å²) in [5.41, 5.74) is 4.88. The van der Waals surface area contributed by atoms with Gasteiger partial charge in [0.15, 0.2) is 0 Å². The molecule has 0 spiro atoms. The van der Waals surface area contributed by atoms with Gasteiger partial charge in [0.2, 0.25) is 0 Å². The number of likely N-dealkylation sites (N-methyl/N-ethyl adjacent to an activating group) is 1. The molecule has 1 N–H and O–H groups in total. The fourth-order valence-corrected chi connectivity index (χ4v) is 3.32. The summed E-state index contributed by atoms with van der Waals surface area (Å²) in [5.74, 6) is -0.100. The van der Waals surface area contributed by atoms with Gasteiger partial charge in [0, 0.05) is 6.54 Å². The summed E-state index contributed by atoms with van der Waals surface area (Å²) in [7, 11) is 4.06. The first-order chi connectivity index (χ1) is 13.5. The van der Waals surface area contributed by atoms with Gasteiger partial charge in [-0.1, -0.05) is 49.4 Å². The first-order valence-electron chi connectivity index (χ1n) is 9.64. The normalized spacial score (nSPS) is 12.2. The Balaban J connectivity index is 1.72. The molecule has 5 heteroatoms. The standard InChI is InChI=1S/C23H28N4O/c1-5-18-11-13-19(14-12-18)22(26(3)4)16-24-23(28)21-15-25-27(17(21)2)20-9-7-6-8-10-20/h6-15,22H,5,16H2,1-4H3,(H,24,28). The number of para-hydroxylation sites is 1. The van der Waals surface area contributed by atoms with Crippen molar-refractivity contribution < 1.29 is 4.79 Å². The minimum atomic E-state index is -0.100. The van der Waals surface area contributed by atoms with E-state index in [9.17, 15) is 4.79 Å². The quantitative estimate of drug-likeness (QED) is 0.683. The summed E-state index contributed by atoms with van der Waals surface area (Å²) in [6.45, 7) is 4.60. The average molecular weight is 377 g/mol. The van der Waals surface area contributed by atoms with E-state index in [4.69, 9.17) is 0 Å². The van der Waals surface area contributed by atoms with Gasteiger partial charge in [0.05, 0.1) is 29.2 Å². The van der Waals surface area contributed by atoms with Crippen molar-refractivity contribution in [1.82, 2.24) is 20.0 Å². The molecule has 1 heterocycles. The number of benzene rings is 2. The van der Waals surface area contributed by atoms with Gasteiger partial charge in [-0.25, -0.2) is 4.68 Å². The van der Waals surface area contributed by atoms with E-state index in [1.165, 1.54) is 11.1 Å². The first-order valence-corrected chi connectivity index (χ1v) is 9.64. The van der Waals surface area contributed by atoms with Crippen molar-refractivity contribution in [3.05, 3.63) is 83.2 Å². The Bertz CT molecular complexity index is 914. The maximum Gasteiger partial charge on any atom is 0.254 e. The average Bonchev–Trinajstić information content (AvgIpc) is 3.10. The highest BCUT2D eigenvalue weighted by Gasteiger charge is 2.19. The van der Waals surface area contributed by atoms with Crippen LogP contribution in [0.5, 0.6) is 0 Å². The van der Waals surface area contributed by atoms with Crippen molar-refractivity contribution in [3.8, 4) is 5.69 Å². The van der Waals surface area contributed by atoms with Crippen molar-refractivity contribution in [2.75, 3.05) is 20.6 Å². The zero-order chi connectivity index (χ0) is 20.1. The van der Waals surface area contributed by atoms with Crippen LogP contribution in [0.3, 0.4) is 0 Å². The Hall–Kier alpha value is -2.92. The molecule has 1 amide bonds. The molecule has 0 fully saturated rings. The van der Waals surface area contributed by atoms with E-state index >= 15 is 0 Å². The van der Waals surface area contributed by atoms with Crippen molar-refractivity contribution in [1.29, 1.82) is 0 Å². The van der Waals surface area contributed by atoms with Crippen LogP contribution in [-0.4, -0.2) is 41.2 Å². The molecule has 28 heavy (non-hydrogen) atoms. The maximum absolute atomic E-state index is 12.8. The summed E-state index contributed by atoms with van der Waals surface area (Å²) in [6, 6.07) is 18.5. The molecule has 1 aromatic heterocycles. The monoisotopic (exact) mass is 376 g/mol. The molecule has 1 atom stereocenters. The van der Waals surface area contributed by atoms with Crippen LogP contribution >= 0.6 is 0 Å². The highest BCUT2D eigenvalue weighted by Crippen LogP contribution is 2.19. The van der Waals surface area contributed by atoms with Gasteiger partial charge in [-0.15, -0.1) is 0 Å². The molecule has 0 aliphatic rings. The summed E-state index contributed by atoms with van der Waals surface area (Å²) in [5, 5.41) is 7.47. The molecule has 0 saturated heterocycles. The Morgan fingerprint density at radius 2 is 1.79 bits per heavy atom. The van der Waals surface area contributed by atoms with Crippen LogP contribution in [0, 0.1) is 6.92 Å². The zero-order valence-electron chi connectivity index (χ0n) is 17.0. The molecule has 146 valence electrons. The Kier molecular flexibility index (Phi) is 6.26. The van der Waals surface area contributed by atoms with Crippen LogP contribution < -0.4 is 5.32 Å². The third-order valence-corrected chi connectivity index (χ3v) is 5.11. The number of hydrogen-bond acceptors (Lipinski definition) is 3. The number of amides is 1. The van der Waals surface area contributed by atoms with Crippen LogP contribution in [0.4, 0.5) is 0 Å². The third-order valence-electron chi connectivity index (χ3n) is 5.11. The number of hydrogen-bond donors (Lipinski definition) is 1. The van der Waals surface area contributed by atoms with Crippen LogP contribution in [0.1, 0.15) is 40.1 Å². The van der Waals surface area contributed by atoms with Gasteiger partial charge in [-0.2, -0.15) is 5.10 Å². The van der Waals surface area contributed by atoms with Crippen LogP contribution in [0.15, 0.2) is 60.8 Å². The molecule has 3 aromatic rings. The molecular weight excluding hydrogens is 348 g/mol. The molecular formula is C23H28N4O. The van der Waals surface area contributed by atoms with Gasteiger partial charge in [-0.05, 0) is 50.7 Å². The molecule has 5 nitrogen and oxygen atoms in total. The minimum Gasteiger partial charge on any atom is -0.350 e. The van der Waals surface area contributed by atoms with E-state index in [0.717, 1.165) is 17.8 Å². The number of carbonyl (C=O) groups excluding carboxylic acids is 1. The fraction of sp³-hybridized carbons (Fsp3) is 0.304. The Morgan fingerprint density at radius 1 is 1.11 bits per heavy atom. The van der Waals surface area contributed by atoms with E-state index < -0.39 is 0 Å². The van der Waals surface area contributed by atoms with Gasteiger partial charge >= 0.3 is 0 Å². The lowest BCUT2D eigenvalue weighted by Crippen LogP contribution is -2.34. The van der Waals surface area contributed by atoms with Crippen molar-refractivity contribution in [3.63, 3.8) is 0 Å². The SMILES string of the molecule is CCc1ccc(C(CNC(=O)c2cnn(-c3ccccc3)c2C)N(C)C)cc1. The minimum absolute atomic E-state index is 0.100. The number of aromatic nitrogens is 2. The van der Waals surface area contributed by atoms with Crippen LogP contribution in [0.2, 0.25) is 0 Å². The van der Waals surface area contributed by atoms with Crippen molar-refractivity contribution in [2.24, 2.45) is 0 Å². The molecule has 0 bridgehead atoms. The van der Waals surface area contributed by atoms with E-state index in [1.54, 1.807) is 10.9 Å². The number of carbonyl (C=O) groups is 1. The second-order valence-electron chi connectivity index (χ2n) is 7.18. The maximum atomic E-state index is 12.8. The third kappa shape index (κ3) is 4.31. The fourth-order valence-electron chi connectivity index (χ4n) is 3.32. The number of nitrogens with zero attached hydrogens (tertiary/aromatic N) is 3. The molecule has 3 rings (SSSR count). The first kappa shape index (κ1) is 19.8. The highest BCUT2D eigenvalue weighted by atomic mass is 16.1. The van der Waals surface area contributed by atoms with E-state index in [1.807, 2.05) is 51.4 Å². The Morgan fingerprint density at radius 3 is 2.39 bits per heavy atom. The van der Waals surface area contributed by atoms with Crippen LogP contribution in [0.25, 0.3) is 5.69 Å². The lowest BCUT2D eigenvalue weighted by molar-refractivity contribution is 0.0941. The largest absolute Gasteiger partial charge is 0.350 e. The van der Waals surface area contributed by atoms with Crippen molar-refractivity contribution >= 4 is 5.91 Å². The smallest absolute Gasteiger partial charge is 0.254 e. The van der Waals surface area contributed by atoms with E-state index in [-0.39, 0.29) is 11.9 Å². The second-order valence-corrected chi connectivity index (χ2v) is 7.18. The van der Waals surface area contributed by atoms with Gasteiger partial charge in [0.25, 0.3) is 5.91 Å². The molecule has 0 radical (unpaired) electrons. The molecule has 0 aliphatic carbocycles. The number of aryl methyl sites for hydroxylation is 1. The Labute approximate surface area is 167 Å². The topological polar surface area (TPSA) is 50.2 Å². The summed E-state index contributed by atoms with van der Waals surface area (Å²) in [6.07, 6.45) is 2.66. The van der Waals surface area contributed by atoms with E-state index in [0.29, 0.717) is 12.1 Å². The number of rotatable bonds is 7. The van der Waals surface area contributed by atoms with Gasteiger partial charge in [0.1, 0.15) is 0 Å². The molecule has 1 unspecified atom stereocenters. The lowest BCUT2D eigenvalue weighted by Gasteiger charge is -2.25. The number of nitrogens with one attached hydrogen (secondary N) is 1. The molecule has 0 saturated carbocycles. The lowest BCUT2D eigenvalue weighted by atomic mass is 10.0. The summed E-state index contributed by atoms with van der Waals surface area (Å²) < 4.78 is 1.79. The van der Waals surface area contributed by atoms with E-state index in [2.05, 4.69) is 46.5 Å². The van der Waals surface area contributed by atoms with Crippen molar-refractivity contribution in [2.45, 2.75) is 26.3 Å². The molecule has 2 aromatic carbocycles. The highest BCUT2D eigenvalue weighted by molar-refractivity contribution is 5.95. The zero-order valence-corrected chi connectivity index (χ0v) is 17.0. The van der Waals surface area contributed by atoms with Gasteiger partial charge < -0.3 is 10.2 Å². The van der Waals surface area contributed by atoms with Gasteiger partial charge in [-0.3, -0.25) is 4.79 Å².